The number of hydrogen-bond acceptors (Lipinski definition) is 7. The Hall–Kier alpha value is -1.24. The highest BCUT2D eigenvalue weighted by molar-refractivity contribution is 5.78. The molecule has 0 radical (unpaired) electrons. The van der Waals surface area contributed by atoms with Gasteiger partial charge in [-0.1, -0.05) is 0 Å². The van der Waals surface area contributed by atoms with Crippen molar-refractivity contribution in [3.63, 3.8) is 0 Å². The molecule has 0 bridgehead atoms. The van der Waals surface area contributed by atoms with Crippen molar-refractivity contribution in [3.8, 4) is 6.07 Å². The summed E-state index contributed by atoms with van der Waals surface area (Å²) in [7, 11) is 0. The maximum absolute atomic E-state index is 12.1. The van der Waals surface area contributed by atoms with Crippen molar-refractivity contribution in [1.29, 1.82) is 5.26 Å². The number of amides is 1. The highest BCUT2D eigenvalue weighted by atomic mass is 16.5. The Bertz CT molecular complexity index is 604. The molecule has 2 aliphatic heterocycles. The van der Waals surface area contributed by atoms with E-state index in [1.54, 1.807) is 0 Å². The van der Waals surface area contributed by atoms with E-state index in [0.29, 0.717) is 18.0 Å². The van der Waals surface area contributed by atoms with Crippen molar-refractivity contribution < 1.29 is 9.53 Å². The molecule has 0 aromatic heterocycles. The molecule has 1 amide bonds. The van der Waals surface area contributed by atoms with Crippen LogP contribution >= 0.6 is 0 Å². The van der Waals surface area contributed by atoms with Gasteiger partial charge >= 0.3 is 0 Å². The lowest BCUT2D eigenvalue weighted by atomic mass is 9.77. The van der Waals surface area contributed by atoms with E-state index in [4.69, 9.17) is 10.00 Å². The van der Waals surface area contributed by atoms with Crippen LogP contribution in [0.3, 0.4) is 0 Å². The Morgan fingerprint density at radius 2 is 1.77 bits per heavy atom. The lowest BCUT2D eigenvalue weighted by Crippen LogP contribution is -2.64. The first kappa shape index (κ1) is 22.9. The minimum Gasteiger partial charge on any atom is -0.379 e. The maximum Gasteiger partial charge on any atom is 0.223 e. The summed E-state index contributed by atoms with van der Waals surface area (Å²) in [6.45, 7) is 5.14. The van der Waals surface area contributed by atoms with Crippen molar-refractivity contribution >= 4 is 5.91 Å². The summed E-state index contributed by atoms with van der Waals surface area (Å²) >= 11 is 0. The molecule has 31 heavy (non-hydrogen) atoms. The third-order valence-electron chi connectivity index (χ3n) is 7.90. The number of nitriles is 1. The molecule has 4 fully saturated rings. The van der Waals surface area contributed by atoms with Crippen molar-refractivity contribution in [3.05, 3.63) is 0 Å². The molecule has 4 aliphatic rings. The van der Waals surface area contributed by atoms with Crippen LogP contribution in [-0.4, -0.2) is 74.6 Å². The van der Waals surface area contributed by atoms with Gasteiger partial charge in [-0.25, -0.2) is 0 Å². The summed E-state index contributed by atoms with van der Waals surface area (Å²) in [5.74, 6) is 0.788. The van der Waals surface area contributed by atoms with Crippen LogP contribution in [0.15, 0.2) is 0 Å². The zero-order valence-corrected chi connectivity index (χ0v) is 18.8. The second-order valence-corrected chi connectivity index (χ2v) is 9.76. The predicted octanol–water partition coefficient (Wildman–Crippen LogP) is 0.901. The number of hydrogen-bond donors (Lipinski definition) is 4. The zero-order chi connectivity index (χ0) is 21.5. The predicted molar refractivity (Wildman–Crippen MR) is 119 cm³/mol. The van der Waals surface area contributed by atoms with Gasteiger partial charge in [0.05, 0.1) is 19.3 Å². The van der Waals surface area contributed by atoms with Gasteiger partial charge in [0.25, 0.3) is 0 Å². The second kappa shape index (κ2) is 11.6. The third-order valence-corrected chi connectivity index (χ3v) is 7.90. The molecule has 174 valence electrons. The summed E-state index contributed by atoms with van der Waals surface area (Å²) < 4.78 is 5.50. The molecule has 2 saturated carbocycles. The van der Waals surface area contributed by atoms with Crippen LogP contribution < -0.4 is 21.3 Å². The normalized spacial score (nSPS) is 37.6. The van der Waals surface area contributed by atoms with Crippen molar-refractivity contribution in [1.82, 2.24) is 26.2 Å². The fourth-order valence-electron chi connectivity index (χ4n) is 6.06. The second-order valence-electron chi connectivity index (χ2n) is 9.76. The van der Waals surface area contributed by atoms with Gasteiger partial charge in [0, 0.05) is 37.1 Å². The van der Waals surface area contributed by atoms with E-state index < -0.39 is 0 Å². The van der Waals surface area contributed by atoms with E-state index in [1.807, 2.05) is 6.07 Å². The van der Waals surface area contributed by atoms with Crippen LogP contribution in [0.4, 0.5) is 0 Å². The van der Waals surface area contributed by atoms with Gasteiger partial charge in [-0.05, 0) is 70.3 Å². The number of rotatable bonds is 6. The molecule has 0 aromatic rings. The van der Waals surface area contributed by atoms with E-state index >= 15 is 0 Å². The average Bonchev–Trinajstić information content (AvgIpc) is 2.84. The number of nitrogens with one attached hydrogen (secondary N) is 4. The fraction of sp³-hybridized carbons (Fsp3) is 0.913. The van der Waals surface area contributed by atoms with Gasteiger partial charge in [0.1, 0.15) is 12.8 Å². The lowest BCUT2D eigenvalue weighted by Gasteiger charge is -2.43. The van der Waals surface area contributed by atoms with E-state index in [2.05, 4.69) is 26.2 Å². The van der Waals surface area contributed by atoms with Crippen LogP contribution in [0.5, 0.6) is 0 Å². The number of carbonyl (C=O) groups excluding carboxylic acids is 1. The summed E-state index contributed by atoms with van der Waals surface area (Å²) in [5, 5.41) is 22.7. The number of morpholine rings is 1. The maximum atomic E-state index is 12.1. The number of carbonyl (C=O) groups is 1. The topological polar surface area (TPSA) is 101 Å². The van der Waals surface area contributed by atoms with Gasteiger partial charge in [0.2, 0.25) is 5.91 Å². The monoisotopic (exact) mass is 432 g/mol. The Labute approximate surface area is 186 Å². The van der Waals surface area contributed by atoms with E-state index in [9.17, 15) is 4.79 Å². The first-order valence-electron chi connectivity index (χ1n) is 12.4. The van der Waals surface area contributed by atoms with Crippen LogP contribution in [0.25, 0.3) is 0 Å². The molecular weight excluding hydrogens is 392 g/mol. The molecule has 2 heterocycles. The van der Waals surface area contributed by atoms with Gasteiger partial charge in [-0.2, -0.15) is 5.26 Å². The Morgan fingerprint density at radius 3 is 2.48 bits per heavy atom. The minimum atomic E-state index is 0.0606. The molecule has 2 aliphatic carbocycles. The molecule has 0 spiro atoms. The Kier molecular flexibility index (Phi) is 8.56. The standard InChI is InChI=1S/C23H40N6O2/c24-10-12-25-22(30)18-3-1-17(2-4-18)21-9-11-26-23(28-21)27-19-5-7-20(8-6-19)29-13-15-31-16-14-29/h17-21,23,26-28H,1-9,11-16H2,(H,25,30). The highest BCUT2D eigenvalue weighted by Crippen LogP contribution is 2.32. The molecule has 2 unspecified atom stereocenters. The van der Waals surface area contributed by atoms with Crippen molar-refractivity contribution in [2.75, 3.05) is 39.4 Å². The Balaban J connectivity index is 1.17. The molecule has 2 atom stereocenters. The van der Waals surface area contributed by atoms with Gasteiger partial charge in [-0.15, -0.1) is 0 Å². The number of nitrogens with zero attached hydrogens (tertiary/aromatic N) is 2. The van der Waals surface area contributed by atoms with Crippen molar-refractivity contribution in [2.24, 2.45) is 11.8 Å². The van der Waals surface area contributed by atoms with E-state index in [1.165, 1.54) is 25.7 Å². The highest BCUT2D eigenvalue weighted by Gasteiger charge is 2.34. The minimum absolute atomic E-state index is 0.0606. The first-order valence-corrected chi connectivity index (χ1v) is 12.4. The van der Waals surface area contributed by atoms with Gasteiger partial charge in [0.15, 0.2) is 0 Å². The molecule has 2 saturated heterocycles. The summed E-state index contributed by atoms with van der Waals surface area (Å²) in [6.07, 6.45) is 10.5. The van der Waals surface area contributed by atoms with Crippen LogP contribution in [0.2, 0.25) is 0 Å². The van der Waals surface area contributed by atoms with Crippen LogP contribution in [0, 0.1) is 23.2 Å². The lowest BCUT2D eigenvalue weighted by molar-refractivity contribution is -0.126. The summed E-state index contributed by atoms with van der Waals surface area (Å²) in [6, 6.07) is 3.83. The molecule has 8 heteroatoms. The quantitative estimate of drug-likeness (QED) is 0.463. The first-order chi connectivity index (χ1) is 15.2. The number of ether oxygens (including phenoxy) is 1. The van der Waals surface area contributed by atoms with Crippen LogP contribution in [-0.2, 0) is 9.53 Å². The average molecular weight is 433 g/mol. The van der Waals surface area contributed by atoms with Crippen molar-refractivity contribution in [2.45, 2.75) is 82.2 Å². The molecule has 8 nitrogen and oxygen atoms in total. The SMILES string of the molecule is N#CCNC(=O)C1CCC(C2CCNC(NC3CCC(N4CCOCC4)CC3)N2)CC1. The smallest absolute Gasteiger partial charge is 0.223 e. The largest absolute Gasteiger partial charge is 0.379 e. The molecule has 0 aromatic carbocycles. The van der Waals surface area contributed by atoms with Gasteiger partial charge in [-0.3, -0.25) is 25.6 Å². The van der Waals surface area contributed by atoms with Crippen LogP contribution in [0.1, 0.15) is 57.8 Å². The van der Waals surface area contributed by atoms with E-state index in [-0.39, 0.29) is 24.7 Å². The molecule has 4 rings (SSSR count). The summed E-state index contributed by atoms with van der Waals surface area (Å²) in [4.78, 5) is 14.8. The van der Waals surface area contributed by atoms with Gasteiger partial charge < -0.3 is 10.1 Å². The molecule has 4 N–H and O–H groups in total. The third kappa shape index (κ3) is 6.39. The summed E-state index contributed by atoms with van der Waals surface area (Å²) in [5.41, 5.74) is 0. The zero-order valence-electron chi connectivity index (χ0n) is 18.8. The fourth-order valence-corrected chi connectivity index (χ4v) is 6.06. The Morgan fingerprint density at radius 1 is 1.03 bits per heavy atom. The van der Waals surface area contributed by atoms with E-state index in [0.717, 1.165) is 71.0 Å². The molecular formula is C23H40N6O2.